The summed E-state index contributed by atoms with van der Waals surface area (Å²) < 4.78 is 1.40. The number of carbonyl (C=O) groups excluding carboxylic acids is 1. The van der Waals surface area contributed by atoms with Crippen molar-refractivity contribution in [2.24, 2.45) is 7.05 Å². The number of rotatable bonds is 6. The van der Waals surface area contributed by atoms with Crippen LogP contribution >= 0.6 is 0 Å². The summed E-state index contributed by atoms with van der Waals surface area (Å²) in [5.41, 5.74) is 2.95. The van der Waals surface area contributed by atoms with Gasteiger partial charge in [-0.05, 0) is 39.7 Å². The van der Waals surface area contributed by atoms with E-state index in [4.69, 9.17) is 0 Å². The minimum absolute atomic E-state index is 0.124. The molecule has 0 atom stereocenters. The third-order valence-electron chi connectivity index (χ3n) is 3.15. The number of nitrogens with zero attached hydrogens (tertiary/aromatic N) is 1. The van der Waals surface area contributed by atoms with Crippen LogP contribution in [-0.4, -0.2) is 17.0 Å². The average molecular weight is 288 g/mol. The molecule has 0 unspecified atom stereocenters. The lowest BCUT2D eigenvalue weighted by Gasteiger charge is -2.05. The first kappa shape index (κ1) is 17.0. The molecule has 0 bridgehead atoms. The van der Waals surface area contributed by atoms with E-state index in [9.17, 15) is 9.59 Å². The highest BCUT2D eigenvalue weighted by atomic mass is 16.1. The van der Waals surface area contributed by atoms with Gasteiger partial charge in [-0.25, -0.2) is 0 Å². The van der Waals surface area contributed by atoms with E-state index in [1.807, 2.05) is 6.08 Å². The van der Waals surface area contributed by atoms with Crippen LogP contribution in [0.2, 0.25) is 0 Å². The third kappa shape index (κ3) is 6.25. The minimum Gasteiger partial charge on any atom is -0.349 e. The molecule has 4 heteroatoms. The van der Waals surface area contributed by atoms with Crippen LogP contribution in [0, 0.1) is 0 Å². The maximum Gasteiger partial charge on any atom is 0.253 e. The Morgan fingerprint density at radius 1 is 1.24 bits per heavy atom. The predicted molar refractivity (Wildman–Crippen MR) is 86.4 cm³/mol. The van der Waals surface area contributed by atoms with E-state index in [-0.39, 0.29) is 11.5 Å². The zero-order chi connectivity index (χ0) is 15.8. The molecular formula is C17H24N2O2. The van der Waals surface area contributed by atoms with Crippen molar-refractivity contribution >= 4 is 5.91 Å². The Morgan fingerprint density at radius 3 is 2.57 bits per heavy atom. The van der Waals surface area contributed by atoms with Gasteiger partial charge in [-0.15, -0.1) is 0 Å². The smallest absolute Gasteiger partial charge is 0.253 e. The van der Waals surface area contributed by atoms with Crippen molar-refractivity contribution in [1.82, 2.24) is 9.88 Å². The molecule has 1 amide bonds. The average Bonchev–Trinajstić information content (AvgIpc) is 2.41. The highest BCUT2D eigenvalue weighted by Gasteiger charge is 2.04. The maximum absolute atomic E-state index is 11.9. The molecule has 0 aliphatic heterocycles. The molecule has 0 aliphatic carbocycles. The fraction of sp³-hybridized carbons (Fsp3) is 0.412. The number of carbonyl (C=O) groups is 1. The highest BCUT2D eigenvalue weighted by Crippen LogP contribution is 2.06. The van der Waals surface area contributed by atoms with Crippen LogP contribution in [0.5, 0.6) is 0 Å². The Hall–Kier alpha value is -2.10. The Labute approximate surface area is 126 Å². The highest BCUT2D eigenvalue weighted by molar-refractivity contribution is 5.93. The van der Waals surface area contributed by atoms with Gasteiger partial charge < -0.3 is 9.88 Å². The van der Waals surface area contributed by atoms with Gasteiger partial charge in [-0.1, -0.05) is 23.3 Å². The van der Waals surface area contributed by atoms with E-state index in [0.29, 0.717) is 12.1 Å². The van der Waals surface area contributed by atoms with Crippen LogP contribution in [0.3, 0.4) is 0 Å². The van der Waals surface area contributed by atoms with E-state index in [1.165, 1.54) is 21.8 Å². The Kier molecular flexibility index (Phi) is 6.66. The van der Waals surface area contributed by atoms with Crippen LogP contribution in [0.15, 0.2) is 46.4 Å². The standard InChI is InChI=1S/C17H24N2O2/c1-13(2)6-5-7-14(3)10-11-18-17(21)15-8-9-16(20)19(4)12-15/h6,8-10,12H,5,7,11H2,1-4H3,(H,18,21). The van der Waals surface area contributed by atoms with Crippen molar-refractivity contribution in [3.05, 3.63) is 57.5 Å². The molecule has 1 aromatic rings. The zero-order valence-corrected chi connectivity index (χ0v) is 13.3. The normalized spacial score (nSPS) is 11.1. The summed E-state index contributed by atoms with van der Waals surface area (Å²) in [6.07, 6.45) is 7.81. The SMILES string of the molecule is CC(C)=CCCC(C)=CCNC(=O)c1ccc(=O)n(C)c1. The monoisotopic (exact) mass is 288 g/mol. The zero-order valence-electron chi connectivity index (χ0n) is 13.3. The van der Waals surface area contributed by atoms with Gasteiger partial charge in [0.05, 0.1) is 5.56 Å². The van der Waals surface area contributed by atoms with Gasteiger partial charge in [-0.3, -0.25) is 9.59 Å². The molecule has 0 saturated carbocycles. The summed E-state index contributed by atoms with van der Waals surface area (Å²) in [6, 6.07) is 2.94. The molecule has 21 heavy (non-hydrogen) atoms. The quantitative estimate of drug-likeness (QED) is 0.818. The first-order chi connectivity index (χ1) is 9.90. The summed E-state index contributed by atoms with van der Waals surface area (Å²) in [5, 5.41) is 2.83. The van der Waals surface area contributed by atoms with Gasteiger partial charge >= 0.3 is 0 Å². The van der Waals surface area contributed by atoms with Crippen molar-refractivity contribution in [3.8, 4) is 0 Å². The number of aromatic nitrogens is 1. The van der Waals surface area contributed by atoms with Crippen molar-refractivity contribution in [3.63, 3.8) is 0 Å². The molecule has 1 heterocycles. The van der Waals surface area contributed by atoms with E-state index < -0.39 is 0 Å². The Morgan fingerprint density at radius 2 is 1.95 bits per heavy atom. The molecule has 1 N–H and O–H groups in total. The number of aryl methyl sites for hydroxylation is 1. The fourth-order valence-electron chi connectivity index (χ4n) is 1.84. The fourth-order valence-corrected chi connectivity index (χ4v) is 1.84. The lowest BCUT2D eigenvalue weighted by Crippen LogP contribution is -2.26. The number of pyridine rings is 1. The van der Waals surface area contributed by atoms with Crippen molar-refractivity contribution in [2.45, 2.75) is 33.6 Å². The molecular weight excluding hydrogens is 264 g/mol. The van der Waals surface area contributed by atoms with Gasteiger partial charge in [-0.2, -0.15) is 0 Å². The molecule has 0 spiro atoms. The summed E-state index contributed by atoms with van der Waals surface area (Å²) in [5.74, 6) is -0.168. The van der Waals surface area contributed by atoms with Gasteiger partial charge in [0.1, 0.15) is 0 Å². The maximum atomic E-state index is 11.9. The second kappa shape index (κ2) is 8.25. The predicted octanol–water partition coefficient (Wildman–Crippen LogP) is 2.81. The lowest BCUT2D eigenvalue weighted by atomic mass is 10.1. The number of hydrogen-bond donors (Lipinski definition) is 1. The largest absolute Gasteiger partial charge is 0.349 e. The van der Waals surface area contributed by atoms with E-state index in [1.54, 1.807) is 19.3 Å². The molecule has 114 valence electrons. The second-order valence-electron chi connectivity index (χ2n) is 5.45. The number of allylic oxidation sites excluding steroid dienone is 3. The van der Waals surface area contributed by atoms with Gasteiger partial charge in [0, 0.05) is 25.9 Å². The number of nitrogens with one attached hydrogen (secondary N) is 1. The van der Waals surface area contributed by atoms with Crippen LogP contribution in [0.1, 0.15) is 44.0 Å². The molecule has 1 aromatic heterocycles. The van der Waals surface area contributed by atoms with Gasteiger partial charge in [0.2, 0.25) is 5.56 Å². The van der Waals surface area contributed by atoms with Crippen molar-refractivity contribution in [2.75, 3.05) is 6.54 Å². The molecule has 0 radical (unpaired) electrons. The van der Waals surface area contributed by atoms with Crippen LogP contribution in [-0.2, 0) is 7.05 Å². The Balaban J connectivity index is 2.47. The minimum atomic E-state index is -0.168. The molecule has 0 saturated heterocycles. The van der Waals surface area contributed by atoms with Gasteiger partial charge in [0.25, 0.3) is 5.91 Å². The van der Waals surface area contributed by atoms with Crippen LogP contribution < -0.4 is 10.9 Å². The second-order valence-corrected chi connectivity index (χ2v) is 5.45. The van der Waals surface area contributed by atoms with E-state index in [2.05, 4.69) is 32.2 Å². The van der Waals surface area contributed by atoms with Gasteiger partial charge in [0.15, 0.2) is 0 Å². The molecule has 4 nitrogen and oxygen atoms in total. The van der Waals surface area contributed by atoms with E-state index in [0.717, 1.165) is 12.8 Å². The molecule has 0 fully saturated rings. The molecule has 1 rings (SSSR count). The summed E-state index contributed by atoms with van der Waals surface area (Å²) in [6.45, 7) is 6.75. The first-order valence-corrected chi connectivity index (χ1v) is 7.14. The number of hydrogen-bond acceptors (Lipinski definition) is 2. The number of amides is 1. The molecule has 0 aliphatic rings. The van der Waals surface area contributed by atoms with Crippen LogP contribution in [0.4, 0.5) is 0 Å². The summed E-state index contributed by atoms with van der Waals surface area (Å²) in [4.78, 5) is 23.2. The van der Waals surface area contributed by atoms with Crippen LogP contribution in [0.25, 0.3) is 0 Å². The topological polar surface area (TPSA) is 51.1 Å². The summed E-state index contributed by atoms with van der Waals surface area (Å²) in [7, 11) is 1.63. The first-order valence-electron chi connectivity index (χ1n) is 7.14. The summed E-state index contributed by atoms with van der Waals surface area (Å²) >= 11 is 0. The molecule has 0 aromatic carbocycles. The van der Waals surface area contributed by atoms with Crippen molar-refractivity contribution in [1.29, 1.82) is 0 Å². The Bertz CT molecular complexity index is 605. The van der Waals surface area contributed by atoms with Crippen molar-refractivity contribution < 1.29 is 4.79 Å². The lowest BCUT2D eigenvalue weighted by molar-refractivity contribution is 0.0957. The third-order valence-corrected chi connectivity index (χ3v) is 3.15. The van der Waals surface area contributed by atoms with E-state index >= 15 is 0 Å².